The van der Waals surface area contributed by atoms with Crippen molar-refractivity contribution in [2.75, 3.05) is 19.6 Å². The van der Waals surface area contributed by atoms with Crippen LogP contribution in [0.4, 0.5) is 0 Å². The summed E-state index contributed by atoms with van der Waals surface area (Å²) in [4.78, 5) is 19.1. The van der Waals surface area contributed by atoms with Crippen LogP contribution in [0.5, 0.6) is 0 Å². The molecule has 0 radical (unpaired) electrons. The van der Waals surface area contributed by atoms with Crippen LogP contribution in [0.1, 0.15) is 17.8 Å². The van der Waals surface area contributed by atoms with Crippen molar-refractivity contribution < 1.29 is 0 Å². The SMILES string of the molecule is Cc1cc2nc(CN3CC[C@H]4CNC[C@H]43)cc(=O)n2[nH]1.Cl.Cl. The number of aromatic amines is 1. The normalized spacial score (nSPS) is 24.0. The first-order valence-corrected chi connectivity index (χ1v) is 7.24. The first-order chi connectivity index (χ1) is 9.70. The number of nitrogens with zero attached hydrogens (tertiary/aromatic N) is 3. The Hall–Kier alpha value is -1.08. The van der Waals surface area contributed by atoms with Crippen molar-refractivity contribution in [3.8, 4) is 0 Å². The summed E-state index contributed by atoms with van der Waals surface area (Å²) in [7, 11) is 0. The van der Waals surface area contributed by atoms with E-state index < -0.39 is 0 Å². The summed E-state index contributed by atoms with van der Waals surface area (Å²) >= 11 is 0. The maximum absolute atomic E-state index is 12.1. The van der Waals surface area contributed by atoms with E-state index in [1.807, 2.05) is 13.0 Å². The van der Waals surface area contributed by atoms with Crippen LogP contribution in [0, 0.1) is 12.8 Å². The number of rotatable bonds is 2. The summed E-state index contributed by atoms with van der Waals surface area (Å²) in [6, 6.07) is 4.18. The van der Waals surface area contributed by atoms with Gasteiger partial charge in [0, 0.05) is 37.0 Å². The molecule has 2 saturated heterocycles. The Labute approximate surface area is 141 Å². The van der Waals surface area contributed by atoms with Gasteiger partial charge in [-0.3, -0.25) is 14.8 Å². The molecule has 0 aliphatic carbocycles. The van der Waals surface area contributed by atoms with Gasteiger partial charge < -0.3 is 5.32 Å². The number of hydrogen-bond acceptors (Lipinski definition) is 4. The second-order valence-corrected chi connectivity index (χ2v) is 5.96. The molecular formula is C14H21Cl2N5O. The van der Waals surface area contributed by atoms with Gasteiger partial charge in [0.25, 0.3) is 5.56 Å². The molecule has 0 unspecified atom stereocenters. The predicted octanol–water partition coefficient (Wildman–Crippen LogP) is 0.968. The molecule has 0 spiro atoms. The maximum Gasteiger partial charge on any atom is 0.272 e. The lowest BCUT2D eigenvalue weighted by atomic mass is 10.1. The fraction of sp³-hybridized carbons (Fsp3) is 0.571. The Morgan fingerprint density at radius 2 is 2.14 bits per heavy atom. The van der Waals surface area contributed by atoms with Crippen LogP contribution in [-0.2, 0) is 6.54 Å². The molecule has 2 aliphatic heterocycles. The van der Waals surface area contributed by atoms with Gasteiger partial charge in [-0.1, -0.05) is 0 Å². The Balaban J connectivity index is 0.000000882. The third-order valence-corrected chi connectivity index (χ3v) is 4.56. The monoisotopic (exact) mass is 345 g/mol. The van der Waals surface area contributed by atoms with Gasteiger partial charge in [-0.15, -0.1) is 24.8 Å². The second-order valence-electron chi connectivity index (χ2n) is 5.96. The quantitative estimate of drug-likeness (QED) is 0.851. The largest absolute Gasteiger partial charge is 0.315 e. The van der Waals surface area contributed by atoms with Gasteiger partial charge in [-0.2, -0.15) is 0 Å². The highest BCUT2D eigenvalue weighted by molar-refractivity contribution is 5.85. The first kappa shape index (κ1) is 17.3. The van der Waals surface area contributed by atoms with Crippen molar-refractivity contribution in [2.24, 2.45) is 5.92 Å². The third-order valence-electron chi connectivity index (χ3n) is 4.56. The van der Waals surface area contributed by atoms with Crippen molar-refractivity contribution in [3.63, 3.8) is 0 Å². The molecule has 2 aliphatic rings. The highest BCUT2D eigenvalue weighted by Gasteiger charge is 2.37. The lowest BCUT2D eigenvalue weighted by Crippen LogP contribution is -2.34. The molecule has 122 valence electrons. The summed E-state index contributed by atoms with van der Waals surface area (Å²) < 4.78 is 1.50. The summed E-state index contributed by atoms with van der Waals surface area (Å²) in [5.74, 6) is 0.773. The molecule has 0 saturated carbocycles. The number of H-pyrrole nitrogens is 1. The van der Waals surface area contributed by atoms with Crippen molar-refractivity contribution in [2.45, 2.75) is 25.9 Å². The minimum Gasteiger partial charge on any atom is -0.315 e. The van der Waals surface area contributed by atoms with Gasteiger partial charge in [0.2, 0.25) is 0 Å². The van der Waals surface area contributed by atoms with Gasteiger partial charge >= 0.3 is 0 Å². The van der Waals surface area contributed by atoms with Crippen molar-refractivity contribution in [3.05, 3.63) is 33.9 Å². The molecule has 6 nitrogen and oxygen atoms in total. The van der Waals surface area contributed by atoms with Gasteiger partial charge in [0.15, 0.2) is 5.65 Å². The van der Waals surface area contributed by atoms with Crippen LogP contribution in [0.3, 0.4) is 0 Å². The zero-order chi connectivity index (χ0) is 13.7. The number of likely N-dealkylation sites (tertiary alicyclic amines) is 1. The Bertz CT molecular complexity index is 713. The van der Waals surface area contributed by atoms with E-state index in [2.05, 4.69) is 20.3 Å². The minimum absolute atomic E-state index is 0. The third kappa shape index (κ3) is 2.88. The molecule has 8 heteroatoms. The first-order valence-electron chi connectivity index (χ1n) is 7.24. The molecule has 2 aromatic rings. The predicted molar refractivity (Wildman–Crippen MR) is 90.2 cm³/mol. The van der Waals surface area contributed by atoms with Crippen LogP contribution in [0.25, 0.3) is 5.65 Å². The van der Waals surface area contributed by atoms with Gasteiger partial charge in [-0.05, 0) is 32.4 Å². The molecular weight excluding hydrogens is 325 g/mol. The van der Waals surface area contributed by atoms with E-state index in [9.17, 15) is 4.79 Å². The van der Waals surface area contributed by atoms with Gasteiger partial charge in [0.05, 0.1) is 5.69 Å². The smallest absolute Gasteiger partial charge is 0.272 e. The summed E-state index contributed by atoms with van der Waals surface area (Å²) in [6.45, 7) is 6.02. The molecule has 22 heavy (non-hydrogen) atoms. The molecule has 2 aromatic heterocycles. The van der Waals surface area contributed by atoms with Gasteiger partial charge in [0.1, 0.15) is 0 Å². The summed E-state index contributed by atoms with van der Waals surface area (Å²) in [5, 5.41) is 6.45. The number of nitrogens with one attached hydrogen (secondary N) is 2. The number of hydrogen-bond donors (Lipinski definition) is 2. The molecule has 0 amide bonds. The van der Waals surface area contributed by atoms with Gasteiger partial charge in [-0.25, -0.2) is 9.50 Å². The Morgan fingerprint density at radius 1 is 1.32 bits per heavy atom. The van der Waals surface area contributed by atoms with Crippen LogP contribution in [0.15, 0.2) is 16.9 Å². The second kappa shape index (κ2) is 6.58. The number of fused-ring (bicyclic) bond motifs is 2. The summed E-state index contributed by atoms with van der Waals surface area (Å²) in [6.07, 6.45) is 1.25. The Morgan fingerprint density at radius 3 is 2.95 bits per heavy atom. The number of aryl methyl sites for hydroxylation is 1. The fourth-order valence-corrected chi connectivity index (χ4v) is 3.58. The van der Waals surface area contributed by atoms with Crippen LogP contribution in [0.2, 0.25) is 0 Å². The zero-order valence-corrected chi connectivity index (χ0v) is 14.0. The van der Waals surface area contributed by atoms with E-state index in [0.29, 0.717) is 11.7 Å². The van der Waals surface area contributed by atoms with E-state index in [-0.39, 0.29) is 30.4 Å². The highest BCUT2D eigenvalue weighted by atomic mass is 35.5. The van der Waals surface area contributed by atoms with E-state index in [1.54, 1.807) is 6.07 Å². The van der Waals surface area contributed by atoms with E-state index in [1.165, 1.54) is 10.9 Å². The standard InChI is InChI=1S/C14H19N5O.2ClH/c1-9-4-13-16-11(5-14(20)19(13)17-9)8-18-3-2-10-6-15-7-12(10)18;;/h4-5,10,12,15,17H,2-3,6-8H2,1H3;2*1H/t10-,12+;;/m0../s1. The topological polar surface area (TPSA) is 65.4 Å². The molecule has 4 heterocycles. The molecule has 2 N–H and O–H groups in total. The van der Waals surface area contributed by atoms with Crippen LogP contribution in [-0.4, -0.2) is 45.2 Å². The lowest BCUT2D eigenvalue weighted by molar-refractivity contribution is 0.241. The van der Waals surface area contributed by atoms with E-state index in [4.69, 9.17) is 0 Å². The van der Waals surface area contributed by atoms with Crippen molar-refractivity contribution in [1.29, 1.82) is 0 Å². The van der Waals surface area contributed by atoms with Crippen LogP contribution >= 0.6 is 24.8 Å². The zero-order valence-electron chi connectivity index (χ0n) is 12.4. The minimum atomic E-state index is -0.0293. The average molecular weight is 346 g/mol. The molecule has 2 atom stereocenters. The highest BCUT2D eigenvalue weighted by Crippen LogP contribution is 2.28. The molecule has 4 rings (SSSR count). The number of aromatic nitrogens is 3. The molecule has 0 bridgehead atoms. The van der Waals surface area contributed by atoms with Crippen molar-refractivity contribution in [1.82, 2.24) is 24.8 Å². The average Bonchev–Trinajstić information content (AvgIpc) is 3.06. The maximum atomic E-state index is 12.1. The molecule has 0 aromatic carbocycles. The number of halogens is 2. The van der Waals surface area contributed by atoms with Crippen LogP contribution < -0.4 is 10.9 Å². The Kier molecular flexibility index (Phi) is 5.17. The summed E-state index contributed by atoms with van der Waals surface area (Å²) in [5.41, 5.74) is 2.51. The van der Waals surface area contributed by atoms with E-state index >= 15 is 0 Å². The van der Waals surface area contributed by atoms with E-state index in [0.717, 1.165) is 43.5 Å². The fourth-order valence-electron chi connectivity index (χ4n) is 3.58. The lowest BCUT2D eigenvalue weighted by Gasteiger charge is -2.22. The molecule has 2 fully saturated rings. The van der Waals surface area contributed by atoms with Crippen molar-refractivity contribution >= 4 is 30.5 Å².